The van der Waals surface area contributed by atoms with Gasteiger partial charge in [-0.25, -0.2) is 19.9 Å². The van der Waals surface area contributed by atoms with E-state index in [0.717, 1.165) is 13.0 Å². The van der Waals surface area contributed by atoms with Crippen molar-refractivity contribution in [2.45, 2.75) is 19.3 Å². The lowest BCUT2D eigenvalue weighted by Crippen LogP contribution is -2.28. The van der Waals surface area contributed by atoms with Gasteiger partial charge in [0.2, 0.25) is 23.4 Å². The van der Waals surface area contributed by atoms with Crippen molar-refractivity contribution in [3.05, 3.63) is 126 Å². The zero-order chi connectivity index (χ0) is 60.7. The molecule has 0 saturated heterocycles. The molecule has 0 radical (unpaired) electrons. The predicted octanol–water partition coefficient (Wildman–Crippen LogP) is 2.32. The zero-order valence-corrected chi connectivity index (χ0v) is 47.7. The van der Waals surface area contributed by atoms with Gasteiger partial charge in [0.25, 0.3) is 47.3 Å². The first-order chi connectivity index (χ1) is 39.9. The monoisotopic (exact) mass is 1150 g/mol. The predicted molar refractivity (Wildman–Crippen MR) is 308 cm³/mol. The highest BCUT2D eigenvalue weighted by Gasteiger charge is 2.24. The summed E-state index contributed by atoms with van der Waals surface area (Å²) in [6, 6.07) is 6.02. The van der Waals surface area contributed by atoms with Crippen LogP contribution in [0.15, 0.2) is 80.0 Å². The van der Waals surface area contributed by atoms with E-state index < -0.39 is 47.3 Å². The van der Waals surface area contributed by atoms with E-state index >= 15 is 0 Å². The number of hydrogen-bond donors (Lipinski definition) is 9. The molecule has 0 aliphatic heterocycles. The molecule has 8 aromatic heterocycles. The molecule has 0 bridgehead atoms. The van der Waals surface area contributed by atoms with Crippen LogP contribution in [0.4, 0.5) is 40.2 Å². The van der Waals surface area contributed by atoms with Gasteiger partial charge in [0.1, 0.15) is 22.8 Å². The second kappa shape index (κ2) is 25.3. The van der Waals surface area contributed by atoms with Crippen LogP contribution in [0.1, 0.15) is 104 Å². The minimum Gasteiger partial charge on any atom is -0.351 e. The van der Waals surface area contributed by atoms with Crippen LogP contribution < -0.4 is 47.9 Å². The summed E-state index contributed by atoms with van der Waals surface area (Å²) in [4.78, 5) is 137. The molecule has 0 aliphatic carbocycles. The van der Waals surface area contributed by atoms with Crippen LogP contribution in [0.3, 0.4) is 0 Å². The number of nitrogens with one attached hydrogen (secondary N) is 9. The number of amides is 9. The summed E-state index contributed by atoms with van der Waals surface area (Å²) < 4.78 is 12.0. The third-order valence-corrected chi connectivity index (χ3v) is 12.9. The van der Waals surface area contributed by atoms with Gasteiger partial charge in [0.05, 0.1) is 22.7 Å². The van der Waals surface area contributed by atoms with Gasteiger partial charge >= 0.3 is 0 Å². The van der Waals surface area contributed by atoms with Gasteiger partial charge in [0, 0.05) is 132 Å². The Labute approximate surface area is 479 Å². The Bertz CT molecular complexity index is 3850. The maximum absolute atomic E-state index is 13.4. The first kappa shape index (κ1) is 59.3. The van der Waals surface area contributed by atoms with Crippen LogP contribution in [0, 0.1) is 0 Å². The summed E-state index contributed by atoms with van der Waals surface area (Å²) >= 11 is 0. The van der Waals surface area contributed by atoms with Crippen molar-refractivity contribution in [2.24, 2.45) is 56.4 Å². The lowest BCUT2D eigenvalue weighted by Gasteiger charge is -2.10. The number of nitrogens with zero attached hydrogens (tertiary/aromatic N) is 13. The minimum absolute atomic E-state index is 0.00461. The van der Waals surface area contributed by atoms with Gasteiger partial charge < -0.3 is 89.3 Å². The maximum Gasteiger partial charge on any atom is 0.292 e. The van der Waals surface area contributed by atoms with Crippen molar-refractivity contribution >= 4 is 93.4 Å². The quantitative estimate of drug-likeness (QED) is 0.0415. The molecule has 8 rings (SSSR count). The Morgan fingerprint density at radius 3 is 1.12 bits per heavy atom. The number of imidazole rings is 4. The van der Waals surface area contributed by atoms with Gasteiger partial charge in [-0.1, -0.05) is 0 Å². The molecule has 0 fully saturated rings. The summed E-state index contributed by atoms with van der Waals surface area (Å²) in [5, 5.41) is 24.5. The summed E-state index contributed by atoms with van der Waals surface area (Å²) in [6.45, 7) is 1.45. The molecule has 440 valence electrons. The highest BCUT2D eigenvalue weighted by atomic mass is 16.2. The Hall–Kier alpha value is -10.9. The molecule has 9 amide bonds. The second-order valence-electron chi connectivity index (χ2n) is 20.0. The number of carbonyl (C=O) groups is 9. The van der Waals surface area contributed by atoms with Crippen LogP contribution in [-0.4, -0.2) is 148 Å². The average Bonchev–Trinajstić information content (AvgIpc) is 4.24. The summed E-state index contributed by atoms with van der Waals surface area (Å²) in [6.07, 6.45) is 14.7. The van der Waals surface area contributed by atoms with Crippen molar-refractivity contribution < 1.29 is 43.2 Å². The molecule has 0 spiro atoms. The molecule has 31 nitrogen and oxygen atoms in total. The standard InChI is InChI=1S/C53H64N22O9/c1-67(2)17-12-15-56-47(78)35-20-31(24-70(35)5)58-49(80)37-22-33(26-72(37)7)60-52(83)44-64-40(29-75(44)10)66-53(84)45-62-38(27-73(45)8)61-41(76)13-11-14-55-46(77)34-19-30(23-69(34)4)57-48(79)36-21-32(25-71(36)6)59-51(82)43-63-39(28-74(43)9)65-50(81)42-54-16-18-68(42)3/h16,18-29H,11-15,17H2,1-10H3,(H,55,77)(H,56,78)(H,57,79)(H,58,80)(H,59,82)(H,60,83)(H,61,76)(H,65,81)(H,66,84). The molecule has 0 unspecified atom stereocenters. The Kier molecular flexibility index (Phi) is 17.9. The molecule has 31 heteroatoms. The van der Waals surface area contributed by atoms with Crippen molar-refractivity contribution in [3.8, 4) is 0 Å². The van der Waals surface area contributed by atoms with E-state index in [-0.39, 0.29) is 83.1 Å². The van der Waals surface area contributed by atoms with E-state index in [1.807, 2.05) is 19.0 Å². The Morgan fingerprint density at radius 2 is 0.738 bits per heavy atom. The largest absolute Gasteiger partial charge is 0.351 e. The van der Waals surface area contributed by atoms with Gasteiger partial charge in [-0.15, -0.1) is 0 Å². The minimum atomic E-state index is -0.682. The van der Waals surface area contributed by atoms with E-state index in [1.165, 1.54) is 70.4 Å². The fourth-order valence-corrected chi connectivity index (χ4v) is 8.77. The first-order valence-electron chi connectivity index (χ1n) is 26.0. The normalized spacial score (nSPS) is 11.1. The molecule has 0 atom stereocenters. The van der Waals surface area contributed by atoms with Crippen LogP contribution >= 0.6 is 0 Å². The summed E-state index contributed by atoms with van der Waals surface area (Å²) in [7, 11) is 16.9. The molecule has 8 aromatic rings. The third-order valence-electron chi connectivity index (χ3n) is 12.9. The maximum atomic E-state index is 13.4. The molecule has 9 N–H and O–H groups in total. The second-order valence-corrected chi connectivity index (χ2v) is 20.0. The number of anilines is 7. The van der Waals surface area contributed by atoms with Gasteiger partial charge in [-0.3, -0.25) is 43.2 Å². The van der Waals surface area contributed by atoms with Gasteiger partial charge in [-0.05, 0) is 57.7 Å². The molecule has 8 heterocycles. The van der Waals surface area contributed by atoms with Crippen molar-refractivity contribution in [3.63, 3.8) is 0 Å². The smallest absolute Gasteiger partial charge is 0.292 e. The molecule has 0 aliphatic rings. The number of aryl methyl sites for hydroxylation is 8. The zero-order valence-electron chi connectivity index (χ0n) is 47.7. The van der Waals surface area contributed by atoms with E-state index in [9.17, 15) is 43.2 Å². The number of aromatic nitrogens is 12. The lowest BCUT2D eigenvalue weighted by atomic mass is 10.3. The van der Waals surface area contributed by atoms with Gasteiger partial charge in [-0.2, -0.15) is 0 Å². The molecule has 0 saturated carbocycles. The van der Waals surface area contributed by atoms with E-state index in [4.69, 9.17) is 0 Å². The Morgan fingerprint density at radius 1 is 0.393 bits per heavy atom. The number of hydrogen-bond acceptors (Lipinski definition) is 14. The third kappa shape index (κ3) is 14.2. The molecular weight excluding hydrogens is 1090 g/mol. The highest BCUT2D eigenvalue weighted by Crippen LogP contribution is 2.22. The van der Waals surface area contributed by atoms with E-state index in [1.54, 1.807) is 103 Å². The first-order valence-corrected chi connectivity index (χ1v) is 26.0. The number of rotatable bonds is 23. The van der Waals surface area contributed by atoms with E-state index in [0.29, 0.717) is 35.0 Å². The summed E-state index contributed by atoms with van der Waals surface area (Å²) in [5.74, 6) is -4.28. The van der Waals surface area contributed by atoms with Crippen molar-refractivity contribution in [2.75, 3.05) is 70.9 Å². The van der Waals surface area contributed by atoms with Crippen molar-refractivity contribution in [1.29, 1.82) is 0 Å². The molecular formula is C53H64N22O9. The van der Waals surface area contributed by atoms with Crippen molar-refractivity contribution in [1.82, 2.24) is 72.0 Å². The van der Waals surface area contributed by atoms with Gasteiger partial charge in [0.15, 0.2) is 23.3 Å². The van der Waals surface area contributed by atoms with Crippen LogP contribution in [0.5, 0.6) is 0 Å². The Balaban J connectivity index is 0.758. The number of carbonyl (C=O) groups excluding carboxylic acids is 9. The fraction of sp³-hybridized carbons (Fsp3) is 0.302. The SMILES string of the molecule is CN(C)CCCNC(=O)c1cc(NC(=O)c2cc(NC(=O)c3nc(NC(=O)c4nc(NC(=O)CCCNC(=O)c5cc(NC(=O)c6cc(NC(=O)c7nc(NC(=O)c8nccn8C)cn7C)cn6C)cn5C)cn4C)cn3C)cn2C)cn1C. The van der Waals surface area contributed by atoms with E-state index in [2.05, 4.69) is 67.8 Å². The van der Waals surface area contributed by atoms with Crippen LogP contribution in [0.25, 0.3) is 0 Å². The lowest BCUT2D eigenvalue weighted by molar-refractivity contribution is -0.116. The highest BCUT2D eigenvalue weighted by molar-refractivity contribution is 6.09. The average molecular weight is 1150 g/mol. The van der Waals surface area contributed by atoms with Crippen LogP contribution in [0.2, 0.25) is 0 Å². The fourth-order valence-electron chi connectivity index (χ4n) is 8.77. The summed E-state index contributed by atoms with van der Waals surface area (Å²) in [5.41, 5.74) is 2.33. The molecule has 84 heavy (non-hydrogen) atoms. The van der Waals surface area contributed by atoms with Crippen LogP contribution in [-0.2, 0) is 61.2 Å². The topological polar surface area (TPSA) is 356 Å². The molecule has 0 aromatic carbocycles.